The van der Waals surface area contributed by atoms with Gasteiger partial charge < -0.3 is 14.5 Å². The van der Waals surface area contributed by atoms with Crippen LogP contribution in [0.4, 0.5) is 5.69 Å². The summed E-state index contributed by atoms with van der Waals surface area (Å²) in [5.74, 6) is 0.419. The highest BCUT2D eigenvalue weighted by Crippen LogP contribution is 2.30. The molecule has 152 valence electrons. The van der Waals surface area contributed by atoms with Gasteiger partial charge in [-0.05, 0) is 37.1 Å². The molecule has 5 rings (SSSR count). The monoisotopic (exact) mass is 404 g/mol. The lowest BCUT2D eigenvalue weighted by Crippen LogP contribution is -2.20. The Hall–Kier alpha value is -3.72. The highest BCUT2D eigenvalue weighted by atomic mass is 16.5. The molecule has 9 nitrogen and oxygen atoms in total. The van der Waals surface area contributed by atoms with Crippen LogP contribution in [-0.2, 0) is 4.74 Å². The third kappa shape index (κ3) is 3.62. The average molecular weight is 404 g/mol. The molecule has 4 aromatic heterocycles. The van der Waals surface area contributed by atoms with Crippen molar-refractivity contribution in [2.75, 3.05) is 18.5 Å². The second kappa shape index (κ2) is 7.96. The first-order valence-electron chi connectivity index (χ1n) is 9.76. The number of ether oxygens (including phenoxy) is 1. The van der Waals surface area contributed by atoms with E-state index in [4.69, 9.17) is 14.3 Å². The fourth-order valence-electron chi connectivity index (χ4n) is 3.50. The molecule has 5 heterocycles. The number of nitrogens with zero attached hydrogens (tertiary/aromatic N) is 4. The van der Waals surface area contributed by atoms with Gasteiger partial charge in [-0.15, -0.1) is 0 Å². The van der Waals surface area contributed by atoms with E-state index in [0.29, 0.717) is 36.0 Å². The summed E-state index contributed by atoms with van der Waals surface area (Å²) in [6, 6.07) is 9.22. The van der Waals surface area contributed by atoms with Crippen LogP contribution >= 0.6 is 0 Å². The molecule has 30 heavy (non-hydrogen) atoms. The van der Waals surface area contributed by atoms with E-state index in [1.807, 2.05) is 29.1 Å². The molecule has 4 aromatic rings. The van der Waals surface area contributed by atoms with Crippen molar-refractivity contribution in [3.05, 3.63) is 60.9 Å². The highest BCUT2D eigenvalue weighted by molar-refractivity contribution is 6.04. The molecule has 0 spiro atoms. The van der Waals surface area contributed by atoms with E-state index in [1.54, 1.807) is 30.7 Å². The van der Waals surface area contributed by atoms with E-state index in [-0.39, 0.29) is 17.7 Å². The van der Waals surface area contributed by atoms with Gasteiger partial charge >= 0.3 is 0 Å². The fourth-order valence-corrected chi connectivity index (χ4v) is 3.50. The zero-order valence-electron chi connectivity index (χ0n) is 16.1. The maximum atomic E-state index is 12.9. The smallest absolute Gasteiger partial charge is 0.291 e. The lowest BCUT2D eigenvalue weighted by atomic mass is 10.1. The summed E-state index contributed by atoms with van der Waals surface area (Å²) in [7, 11) is 0. The highest BCUT2D eigenvalue weighted by Gasteiger charge is 2.22. The largest absolute Gasteiger partial charge is 0.451 e. The van der Waals surface area contributed by atoms with Gasteiger partial charge in [0.25, 0.3) is 5.91 Å². The second-order valence-corrected chi connectivity index (χ2v) is 7.03. The molecule has 1 amide bonds. The normalized spacial score (nSPS) is 14.7. The van der Waals surface area contributed by atoms with Crippen LogP contribution in [0.5, 0.6) is 0 Å². The molecule has 2 N–H and O–H groups in total. The fraction of sp³-hybridized carbons (Fsp3) is 0.238. The first kappa shape index (κ1) is 18.3. The lowest BCUT2D eigenvalue weighted by Gasteiger charge is -2.22. The number of furan rings is 1. The standard InChI is InChI=1S/C21H20N6O3/c28-21(19-5-4-18(30-19)14-11-23-24-12-14)25-17-13-27(15-6-9-29-10-7-15)26-20(17)16-3-1-2-8-22-16/h1-5,8,11-13,15H,6-7,9-10H2,(H,23,24)(H,25,28). The number of aromatic amines is 1. The summed E-state index contributed by atoms with van der Waals surface area (Å²) in [5, 5.41) is 14.3. The molecule has 9 heteroatoms. The average Bonchev–Trinajstić information content (AvgIpc) is 3.55. The Morgan fingerprint density at radius 1 is 1.20 bits per heavy atom. The Bertz CT molecular complexity index is 1130. The van der Waals surface area contributed by atoms with Crippen molar-refractivity contribution in [3.8, 4) is 22.7 Å². The van der Waals surface area contributed by atoms with Crippen molar-refractivity contribution < 1.29 is 13.9 Å². The van der Waals surface area contributed by atoms with Gasteiger partial charge in [0.2, 0.25) is 0 Å². The number of aromatic nitrogens is 5. The van der Waals surface area contributed by atoms with E-state index in [1.165, 1.54) is 0 Å². The van der Waals surface area contributed by atoms with Gasteiger partial charge in [0.1, 0.15) is 11.5 Å². The maximum absolute atomic E-state index is 12.9. The van der Waals surface area contributed by atoms with Gasteiger partial charge in [0, 0.05) is 31.8 Å². The second-order valence-electron chi connectivity index (χ2n) is 7.03. The molecule has 0 aliphatic carbocycles. The first-order valence-corrected chi connectivity index (χ1v) is 9.76. The van der Waals surface area contributed by atoms with Gasteiger partial charge in [0.05, 0.1) is 29.2 Å². The number of H-pyrrole nitrogens is 1. The van der Waals surface area contributed by atoms with Crippen molar-refractivity contribution in [1.29, 1.82) is 0 Å². The minimum Gasteiger partial charge on any atom is -0.451 e. The number of pyridine rings is 1. The SMILES string of the molecule is O=C(Nc1cn(C2CCOCC2)nc1-c1ccccn1)c1ccc(-c2cn[nH]c2)o1. The maximum Gasteiger partial charge on any atom is 0.291 e. The zero-order chi connectivity index (χ0) is 20.3. The number of hydrogen-bond acceptors (Lipinski definition) is 6. The molecule has 0 aromatic carbocycles. The summed E-state index contributed by atoms with van der Waals surface area (Å²) in [4.78, 5) is 17.3. The van der Waals surface area contributed by atoms with Crippen molar-refractivity contribution in [2.24, 2.45) is 0 Å². The number of rotatable bonds is 5. The summed E-state index contributed by atoms with van der Waals surface area (Å²) >= 11 is 0. The first-order chi connectivity index (χ1) is 14.8. The van der Waals surface area contributed by atoms with Crippen LogP contribution in [0.25, 0.3) is 22.7 Å². The topological polar surface area (TPSA) is 111 Å². The number of carbonyl (C=O) groups is 1. The molecule has 1 aliphatic rings. The Kier molecular flexibility index (Phi) is 4.86. The van der Waals surface area contributed by atoms with Crippen LogP contribution in [0.3, 0.4) is 0 Å². The molecular formula is C21H20N6O3. The number of carbonyl (C=O) groups excluding carboxylic acids is 1. The summed E-state index contributed by atoms with van der Waals surface area (Å²) in [5.41, 5.74) is 2.68. The van der Waals surface area contributed by atoms with Gasteiger partial charge in [-0.2, -0.15) is 10.2 Å². The van der Waals surface area contributed by atoms with E-state index in [0.717, 1.165) is 18.4 Å². The number of amides is 1. The summed E-state index contributed by atoms with van der Waals surface area (Å²) < 4.78 is 13.1. The predicted octanol–water partition coefficient (Wildman–Crippen LogP) is 3.53. The summed E-state index contributed by atoms with van der Waals surface area (Å²) in [6.45, 7) is 1.41. The molecule has 1 saturated heterocycles. The van der Waals surface area contributed by atoms with Crippen LogP contribution < -0.4 is 5.32 Å². The molecule has 0 atom stereocenters. The molecule has 0 unspecified atom stereocenters. The third-order valence-corrected chi connectivity index (χ3v) is 5.07. The molecule has 0 radical (unpaired) electrons. The Morgan fingerprint density at radius 2 is 2.10 bits per heavy atom. The summed E-state index contributed by atoms with van der Waals surface area (Å²) in [6.07, 6.45) is 8.66. The van der Waals surface area contributed by atoms with E-state index >= 15 is 0 Å². The van der Waals surface area contributed by atoms with E-state index in [9.17, 15) is 4.79 Å². The molecule has 1 fully saturated rings. The van der Waals surface area contributed by atoms with Gasteiger partial charge in [-0.25, -0.2) is 0 Å². The van der Waals surface area contributed by atoms with Crippen LogP contribution in [-0.4, -0.2) is 44.1 Å². The van der Waals surface area contributed by atoms with Crippen LogP contribution in [0, 0.1) is 0 Å². The van der Waals surface area contributed by atoms with Crippen molar-refractivity contribution in [3.63, 3.8) is 0 Å². The Balaban J connectivity index is 1.44. The number of anilines is 1. The van der Waals surface area contributed by atoms with Crippen LogP contribution in [0.1, 0.15) is 29.4 Å². The van der Waals surface area contributed by atoms with Gasteiger partial charge in [-0.3, -0.25) is 19.6 Å². The van der Waals surface area contributed by atoms with Crippen molar-refractivity contribution >= 4 is 11.6 Å². The van der Waals surface area contributed by atoms with Crippen LogP contribution in [0.2, 0.25) is 0 Å². The Labute approximate surface area is 172 Å². The van der Waals surface area contributed by atoms with E-state index in [2.05, 4.69) is 20.5 Å². The molecule has 1 aliphatic heterocycles. The third-order valence-electron chi connectivity index (χ3n) is 5.07. The van der Waals surface area contributed by atoms with Crippen molar-refractivity contribution in [1.82, 2.24) is 25.0 Å². The number of hydrogen-bond donors (Lipinski definition) is 2. The minimum absolute atomic E-state index is 0.206. The van der Waals surface area contributed by atoms with Crippen molar-refractivity contribution in [2.45, 2.75) is 18.9 Å². The number of nitrogens with one attached hydrogen (secondary N) is 2. The quantitative estimate of drug-likeness (QED) is 0.526. The predicted molar refractivity (Wildman–Crippen MR) is 109 cm³/mol. The minimum atomic E-state index is -0.353. The zero-order valence-corrected chi connectivity index (χ0v) is 16.1. The Morgan fingerprint density at radius 3 is 2.87 bits per heavy atom. The molecule has 0 bridgehead atoms. The van der Waals surface area contributed by atoms with Gasteiger partial charge in [-0.1, -0.05) is 6.07 Å². The van der Waals surface area contributed by atoms with E-state index < -0.39 is 0 Å². The van der Waals surface area contributed by atoms with Gasteiger partial charge in [0.15, 0.2) is 5.76 Å². The molecule has 0 saturated carbocycles. The molecular weight excluding hydrogens is 384 g/mol. The lowest BCUT2D eigenvalue weighted by molar-refractivity contribution is 0.0663. The van der Waals surface area contributed by atoms with Crippen LogP contribution in [0.15, 0.2) is 59.5 Å².